The summed E-state index contributed by atoms with van der Waals surface area (Å²) in [5.41, 5.74) is 4.08. The molecule has 0 spiro atoms. The van der Waals surface area contributed by atoms with Crippen molar-refractivity contribution in [3.63, 3.8) is 0 Å². The lowest BCUT2D eigenvalue weighted by atomic mass is 9.91. The molecule has 256 valence electrons. The van der Waals surface area contributed by atoms with Gasteiger partial charge < -0.3 is 29.9 Å². The van der Waals surface area contributed by atoms with Crippen LogP contribution in [0.2, 0.25) is 0 Å². The minimum atomic E-state index is -1.34. The number of nitrogens with zero attached hydrogens (tertiary/aromatic N) is 9. The summed E-state index contributed by atoms with van der Waals surface area (Å²) < 4.78 is 13.1. The van der Waals surface area contributed by atoms with Crippen molar-refractivity contribution in [2.45, 2.75) is 36.9 Å². The first-order valence-electron chi connectivity index (χ1n) is 16.2. The Balaban J connectivity index is 1.27. The van der Waals surface area contributed by atoms with Crippen molar-refractivity contribution in [3.8, 4) is 0 Å². The van der Waals surface area contributed by atoms with E-state index in [-0.39, 0.29) is 30.9 Å². The number of anilines is 2. The molecule has 15 nitrogen and oxygen atoms in total. The molecule has 7 rings (SSSR count). The summed E-state index contributed by atoms with van der Waals surface area (Å²) in [6, 6.07) is 30.3. The summed E-state index contributed by atoms with van der Waals surface area (Å²) in [7, 11) is 1.59. The number of aliphatic hydroxyl groups excluding tert-OH is 2. The Morgan fingerprint density at radius 1 is 1.00 bits per heavy atom. The first-order chi connectivity index (χ1) is 24.5. The average molecular weight is 677 g/mol. The molecule has 0 amide bonds. The number of aliphatic hydroxyl groups is 2. The molecule has 4 heterocycles. The minimum absolute atomic E-state index is 0.0264. The number of carbonyl (C=O) groups excluding carboxylic acids is 1. The van der Waals surface area contributed by atoms with E-state index in [9.17, 15) is 15.0 Å². The number of rotatable bonds is 14. The third-order valence-corrected chi connectivity index (χ3v) is 8.73. The van der Waals surface area contributed by atoms with E-state index in [1.54, 1.807) is 16.5 Å². The number of carbonyl (C=O) groups is 1. The van der Waals surface area contributed by atoms with Crippen LogP contribution >= 0.6 is 0 Å². The molecule has 4 atom stereocenters. The average Bonchev–Trinajstić information content (AvgIpc) is 3.87. The fourth-order valence-corrected chi connectivity index (χ4v) is 6.21. The van der Waals surface area contributed by atoms with Gasteiger partial charge in [-0.1, -0.05) is 91.0 Å². The van der Waals surface area contributed by atoms with Gasteiger partial charge in [-0.15, -0.1) is 10.2 Å². The highest BCUT2D eigenvalue weighted by atomic mass is 16.6. The van der Waals surface area contributed by atoms with Crippen LogP contribution in [0.25, 0.3) is 11.2 Å². The van der Waals surface area contributed by atoms with Crippen molar-refractivity contribution in [1.82, 2.24) is 39.7 Å². The van der Waals surface area contributed by atoms with Crippen LogP contribution in [0.3, 0.4) is 0 Å². The van der Waals surface area contributed by atoms with E-state index in [0.29, 0.717) is 36.5 Å². The molecule has 3 N–H and O–H groups in total. The van der Waals surface area contributed by atoms with Gasteiger partial charge in [-0.25, -0.2) is 4.98 Å². The number of ether oxygens (including phenoxy) is 2. The maximum atomic E-state index is 11.5. The Morgan fingerprint density at radius 2 is 1.68 bits per heavy atom. The van der Waals surface area contributed by atoms with Crippen LogP contribution in [-0.4, -0.2) is 88.4 Å². The van der Waals surface area contributed by atoms with E-state index in [1.807, 2.05) is 66.7 Å². The minimum Gasteiger partial charge on any atom is -0.458 e. The van der Waals surface area contributed by atoms with Crippen molar-refractivity contribution in [1.29, 1.82) is 0 Å². The van der Waals surface area contributed by atoms with Crippen LogP contribution in [0.5, 0.6) is 0 Å². The second-order valence-electron chi connectivity index (χ2n) is 11.9. The molecule has 0 saturated carbocycles. The molecule has 1 aliphatic heterocycles. The van der Waals surface area contributed by atoms with E-state index in [0.717, 1.165) is 16.7 Å². The van der Waals surface area contributed by atoms with Crippen LogP contribution in [-0.2, 0) is 27.7 Å². The Bertz CT molecular complexity index is 1970. The van der Waals surface area contributed by atoms with Gasteiger partial charge in [0.15, 0.2) is 35.4 Å². The Labute approximate surface area is 287 Å². The number of fused-ring (bicyclic) bond motifs is 1. The Hall–Kier alpha value is -5.77. The van der Waals surface area contributed by atoms with E-state index < -0.39 is 24.5 Å². The normalized spacial score (nSPS) is 18.8. The first-order valence-corrected chi connectivity index (χ1v) is 16.2. The first kappa shape index (κ1) is 32.8. The number of tetrazole rings is 1. The third kappa shape index (κ3) is 6.74. The standard InChI is InChI=1S/C35H36N10O5/c1-43-41-32(40-42-43)30-29(49-22-47)28(48)34(50-30)45-20-37-27-31(36-19-26(24-13-7-3-8-14-24)25-15-9-4-10-16-25)38-35(39-33(27)45)44(21-46)18-17-23-11-5-2-6-12-23/h2-16,20,22,26,28-30,34,46,48H,17-19,21H2,1H3,(H,36,38,39)/t28-,29+,30+,34-/m1/s1. The quantitative estimate of drug-likeness (QED) is 0.113. The van der Waals surface area contributed by atoms with Gasteiger partial charge in [0, 0.05) is 19.0 Å². The highest BCUT2D eigenvalue weighted by Gasteiger charge is 2.49. The molecule has 1 fully saturated rings. The number of aromatic nitrogens is 8. The molecule has 3 aromatic heterocycles. The number of aryl methyl sites for hydroxylation is 1. The molecule has 0 aliphatic carbocycles. The third-order valence-electron chi connectivity index (χ3n) is 8.73. The number of benzene rings is 3. The summed E-state index contributed by atoms with van der Waals surface area (Å²) in [4.78, 5) is 28.7. The molecule has 0 bridgehead atoms. The summed E-state index contributed by atoms with van der Waals surface area (Å²) in [5.74, 6) is 0.792. The van der Waals surface area contributed by atoms with Crippen molar-refractivity contribution in [2.24, 2.45) is 7.05 Å². The fourth-order valence-electron chi connectivity index (χ4n) is 6.21. The molecule has 15 heteroatoms. The lowest BCUT2D eigenvalue weighted by Crippen LogP contribution is -2.32. The van der Waals surface area contributed by atoms with Gasteiger partial charge in [-0.05, 0) is 28.3 Å². The summed E-state index contributed by atoms with van der Waals surface area (Å²) in [6.07, 6.45) is -2.45. The number of nitrogens with one attached hydrogen (secondary N) is 1. The van der Waals surface area contributed by atoms with Gasteiger partial charge in [0.05, 0.1) is 13.4 Å². The van der Waals surface area contributed by atoms with E-state index in [2.05, 4.69) is 50.0 Å². The van der Waals surface area contributed by atoms with Crippen LogP contribution in [0.4, 0.5) is 11.8 Å². The van der Waals surface area contributed by atoms with Crippen molar-refractivity contribution in [3.05, 3.63) is 120 Å². The lowest BCUT2D eigenvalue weighted by Gasteiger charge is -2.23. The number of hydrogen-bond donors (Lipinski definition) is 3. The van der Waals surface area contributed by atoms with Crippen molar-refractivity contribution in [2.75, 3.05) is 30.0 Å². The topological polar surface area (TPSA) is 178 Å². The highest BCUT2D eigenvalue weighted by Crippen LogP contribution is 2.40. The summed E-state index contributed by atoms with van der Waals surface area (Å²) >= 11 is 0. The molecular weight excluding hydrogens is 640 g/mol. The second-order valence-corrected chi connectivity index (χ2v) is 11.9. The van der Waals surface area contributed by atoms with Gasteiger partial charge in [0.2, 0.25) is 11.8 Å². The SMILES string of the molecule is Cn1nnc([C@H]2O[C@@H](n3cnc4c(NCC(c5ccccc5)c5ccccc5)nc(N(CO)CCc5ccccc5)nc43)[C@H](O)[C@@H]2OC=O)n1. The molecule has 1 aliphatic rings. The molecule has 0 unspecified atom stereocenters. The maximum absolute atomic E-state index is 11.5. The second kappa shape index (κ2) is 14.8. The monoisotopic (exact) mass is 676 g/mol. The van der Waals surface area contributed by atoms with Crippen LogP contribution in [0.1, 0.15) is 40.8 Å². The molecule has 0 radical (unpaired) electrons. The van der Waals surface area contributed by atoms with Crippen LogP contribution in [0.15, 0.2) is 97.3 Å². The number of hydrogen-bond acceptors (Lipinski definition) is 13. The van der Waals surface area contributed by atoms with E-state index in [1.165, 1.54) is 11.1 Å². The lowest BCUT2D eigenvalue weighted by molar-refractivity contribution is -0.140. The van der Waals surface area contributed by atoms with Gasteiger partial charge >= 0.3 is 0 Å². The van der Waals surface area contributed by atoms with E-state index in [4.69, 9.17) is 19.4 Å². The maximum Gasteiger partial charge on any atom is 0.293 e. The van der Waals surface area contributed by atoms with Gasteiger partial charge in [-0.3, -0.25) is 9.36 Å². The van der Waals surface area contributed by atoms with Crippen LogP contribution < -0.4 is 10.2 Å². The largest absolute Gasteiger partial charge is 0.458 e. The molecular formula is C35H36N10O5. The molecule has 6 aromatic rings. The number of imidazole rings is 1. The Morgan fingerprint density at radius 3 is 2.30 bits per heavy atom. The van der Waals surface area contributed by atoms with Gasteiger partial charge in [-0.2, -0.15) is 14.8 Å². The zero-order chi connectivity index (χ0) is 34.5. The summed E-state index contributed by atoms with van der Waals surface area (Å²) in [6.45, 7) is 0.794. The molecule has 1 saturated heterocycles. The smallest absolute Gasteiger partial charge is 0.293 e. The van der Waals surface area contributed by atoms with Gasteiger partial charge in [0.25, 0.3) is 6.47 Å². The van der Waals surface area contributed by atoms with Crippen molar-refractivity contribution < 1.29 is 24.5 Å². The zero-order valence-electron chi connectivity index (χ0n) is 27.2. The van der Waals surface area contributed by atoms with Crippen LogP contribution in [0, 0.1) is 0 Å². The fraction of sp³-hybridized carbons (Fsp3) is 0.286. The predicted molar refractivity (Wildman–Crippen MR) is 182 cm³/mol. The zero-order valence-corrected chi connectivity index (χ0v) is 27.2. The highest BCUT2D eigenvalue weighted by molar-refractivity contribution is 5.84. The summed E-state index contributed by atoms with van der Waals surface area (Å²) in [5, 5.41) is 37.6. The van der Waals surface area contributed by atoms with Crippen molar-refractivity contribution >= 4 is 29.4 Å². The van der Waals surface area contributed by atoms with Gasteiger partial charge in [0.1, 0.15) is 12.8 Å². The predicted octanol–water partition coefficient (Wildman–Crippen LogP) is 2.77. The van der Waals surface area contributed by atoms with E-state index >= 15 is 0 Å². The molecule has 50 heavy (non-hydrogen) atoms. The molecule has 3 aromatic carbocycles. The Kier molecular flexibility index (Phi) is 9.68.